The molecule has 0 aromatic heterocycles. The third-order valence-electron chi connectivity index (χ3n) is 5.60. The van der Waals surface area contributed by atoms with E-state index in [0.717, 1.165) is 37.6 Å². The van der Waals surface area contributed by atoms with Crippen LogP contribution in [-0.4, -0.2) is 55.0 Å². The fourth-order valence-electron chi connectivity index (χ4n) is 4.30. The summed E-state index contributed by atoms with van der Waals surface area (Å²) in [5.74, 6) is -0.255. The highest BCUT2D eigenvalue weighted by molar-refractivity contribution is 5.77. The van der Waals surface area contributed by atoms with E-state index in [0.29, 0.717) is 26.1 Å². The fraction of sp³-hybridized carbons (Fsp3) is 0.632. The molecule has 0 unspecified atom stereocenters. The van der Waals surface area contributed by atoms with Crippen LogP contribution in [0.3, 0.4) is 0 Å². The highest BCUT2D eigenvalue weighted by Crippen LogP contribution is 2.35. The van der Waals surface area contributed by atoms with Gasteiger partial charge in [0, 0.05) is 45.2 Å². The number of amides is 1. The summed E-state index contributed by atoms with van der Waals surface area (Å²) in [6.07, 6.45) is -2.53. The van der Waals surface area contributed by atoms with Gasteiger partial charge in [-0.1, -0.05) is 0 Å². The summed E-state index contributed by atoms with van der Waals surface area (Å²) in [7, 11) is 1.84. The number of nitrogens with one attached hydrogen (secondary N) is 1. The lowest BCUT2D eigenvalue weighted by Crippen LogP contribution is -2.56. The van der Waals surface area contributed by atoms with Crippen molar-refractivity contribution in [1.29, 1.82) is 0 Å². The van der Waals surface area contributed by atoms with Crippen LogP contribution in [0.25, 0.3) is 0 Å². The van der Waals surface area contributed by atoms with Gasteiger partial charge in [0.1, 0.15) is 5.82 Å². The molecule has 150 valence electrons. The Kier molecular flexibility index (Phi) is 6.05. The molecule has 27 heavy (non-hydrogen) atoms. The van der Waals surface area contributed by atoms with Gasteiger partial charge in [0.05, 0.1) is 5.56 Å². The highest BCUT2D eigenvalue weighted by atomic mass is 19.4. The summed E-state index contributed by atoms with van der Waals surface area (Å²) in [5, 5.41) is 3.05. The Hall–Kier alpha value is -1.67. The van der Waals surface area contributed by atoms with Crippen LogP contribution in [0.15, 0.2) is 18.2 Å². The Morgan fingerprint density at radius 3 is 2.74 bits per heavy atom. The molecular formula is C19H25F4N3O. The van der Waals surface area contributed by atoms with Crippen LogP contribution < -0.4 is 5.32 Å². The van der Waals surface area contributed by atoms with Crippen molar-refractivity contribution in [3.63, 3.8) is 0 Å². The number of piperidine rings is 2. The van der Waals surface area contributed by atoms with Crippen molar-refractivity contribution in [3.8, 4) is 0 Å². The molecule has 0 spiro atoms. The molecule has 0 radical (unpaired) electrons. The minimum Gasteiger partial charge on any atom is -0.338 e. The molecule has 2 saturated heterocycles. The Morgan fingerprint density at radius 1 is 1.26 bits per heavy atom. The largest absolute Gasteiger partial charge is 0.416 e. The van der Waals surface area contributed by atoms with E-state index >= 15 is 0 Å². The van der Waals surface area contributed by atoms with Gasteiger partial charge in [0.2, 0.25) is 5.91 Å². The molecule has 1 N–H and O–H groups in total. The lowest BCUT2D eigenvalue weighted by atomic mass is 9.83. The molecule has 3 rings (SSSR count). The van der Waals surface area contributed by atoms with Gasteiger partial charge in [-0.05, 0) is 49.6 Å². The first-order valence-corrected chi connectivity index (χ1v) is 9.31. The van der Waals surface area contributed by atoms with Gasteiger partial charge in [-0.25, -0.2) is 4.39 Å². The van der Waals surface area contributed by atoms with Crippen molar-refractivity contribution in [1.82, 2.24) is 15.1 Å². The van der Waals surface area contributed by atoms with E-state index in [1.54, 1.807) is 0 Å². The standard InChI is InChI=1S/C19H25F4N3O/c1-24-7-9-26-17-6-8-25(11-13(17)2-5-18(26)27)12-14-10-15(20)3-4-16(14)19(21,22)23/h3-4,10,13,17,24H,2,5-9,11-12H2,1H3/t13-,17+/m0/s1. The number of hydrogen-bond acceptors (Lipinski definition) is 3. The Bertz CT molecular complexity index is 679. The number of alkyl halides is 3. The van der Waals surface area contributed by atoms with Crippen molar-refractivity contribution in [2.24, 2.45) is 5.92 Å². The first kappa shape index (κ1) is 20.1. The quantitative estimate of drug-likeness (QED) is 0.790. The second kappa shape index (κ2) is 8.14. The van der Waals surface area contributed by atoms with Gasteiger partial charge in [0.25, 0.3) is 0 Å². The summed E-state index contributed by atoms with van der Waals surface area (Å²) in [6.45, 7) is 2.66. The molecular weight excluding hydrogens is 362 g/mol. The molecule has 8 heteroatoms. The molecule has 0 aliphatic carbocycles. The monoisotopic (exact) mass is 387 g/mol. The summed E-state index contributed by atoms with van der Waals surface area (Å²) >= 11 is 0. The Morgan fingerprint density at radius 2 is 2.04 bits per heavy atom. The number of carbonyl (C=O) groups is 1. The van der Waals surface area contributed by atoms with Crippen LogP contribution in [-0.2, 0) is 17.5 Å². The van der Waals surface area contributed by atoms with Crippen molar-refractivity contribution < 1.29 is 22.4 Å². The van der Waals surface area contributed by atoms with Gasteiger partial charge in [0.15, 0.2) is 0 Å². The fourth-order valence-corrected chi connectivity index (χ4v) is 4.30. The van der Waals surface area contributed by atoms with E-state index in [1.165, 1.54) is 0 Å². The molecule has 1 aromatic carbocycles. The van der Waals surface area contributed by atoms with Crippen LogP contribution >= 0.6 is 0 Å². The molecule has 0 bridgehead atoms. The van der Waals surface area contributed by atoms with Gasteiger partial charge in [-0.2, -0.15) is 13.2 Å². The first-order valence-electron chi connectivity index (χ1n) is 9.31. The van der Waals surface area contributed by atoms with Crippen LogP contribution in [0, 0.1) is 11.7 Å². The number of halogens is 4. The molecule has 2 aliphatic heterocycles. The third kappa shape index (κ3) is 4.60. The highest BCUT2D eigenvalue weighted by Gasteiger charge is 2.40. The zero-order valence-corrected chi connectivity index (χ0v) is 15.4. The average molecular weight is 387 g/mol. The Labute approximate surface area is 156 Å². The topological polar surface area (TPSA) is 35.6 Å². The van der Waals surface area contributed by atoms with E-state index in [4.69, 9.17) is 0 Å². The number of rotatable bonds is 5. The molecule has 2 heterocycles. The van der Waals surface area contributed by atoms with Crippen molar-refractivity contribution in [2.75, 3.05) is 33.2 Å². The molecule has 2 aliphatic rings. The maximum Gasteiger partial charge on any atom is 0.416 e. The number of hydrogen-bond donors (Lipinski definition) is 1. The summed E-state index contributed by atoms with van der Waals surface area (Å²) in [6, 6.07) is 2.80. The van der Waals surface area contributed by atoms with E-state index < -0.39 is 17.6 Å². The SMILES string of the molecule is CNCCN1C(=O)CC[C@H]2CN(Cc3cc(F)ccc3C(F)(F)F)CC[C@H]21. The molecule has 1 amide bonds. The normalized spacial score (nSPS) is 24.2. The third-order valence-corrected chi connectivity index (χ3v) is 5.60. The van der Waals surface area contributed by atoms with Gasteiger partial charge >= 0.3 is 6.18 Å². The number of carbonyl (C=O) groups excluding carboxylic acids is 1. The number of nitrogens with zero attached hydrogens (tertiary/aromatic N) is 2. The van der Waals surface area contributed by atoms with E-state index in [9.17, 15) is 22.4 Å². The van der Waals surface area contributed by atoms with Crippen LogP contribution in [0.2, 0.25) is 0 Å². The molecule has 4 nitrogen and oxygen atoms in total. The van der Waals surface area contributed by atoms with Crippen LogP contribution in [0.4, 0.5) is 17.6 Å². The van der Waals surface area contributed by atoms with E-state index in [2.05, 4.69) is 5.32 Å². The summed E-state index contributed by atoms with van der Waals surface area (Å²) in [4.78, 5) is 16.1. The maximum atomic E-state index is 13.5. The molecule has 0 saturated carbocycles. The number of likely N-dealkylation sites (N-methyl/N-ethyl adjacent to an activating group) is 1. The predicted octanol–water partition coefficient (Wildman–Crippen LogP) is 2.88. The van der Waals surface area contributed by atoms with Gasteiger partial charge < -0.3 is 10.2 Å². The molecule has 1 aromatic rings. The predicted molar refractivity (Wildman–Crippen MR) is 93.4 cm³/mol. The minimum atomic E-state index is -4.50. The van der Waals surface area contributed by atoms with E-state index in [-0.39, 0.29) is 30.0 Å². The molecule has 2 atom stereocenters. The summed E-state index contributed by atoms with van der Waals surface area (Å²) < 4.78 is 53.2. The number of fused-ring (bicyclic) bond motifs is 1. The second-order valence-corrected chi connectivity index (χ2v) is 7.38. The smallest absolute Gasteiger partial charge is 0.338 e. The lowest BCUT2D eigenvalue weighted by molar-refractivity contribution is -0.142. The summed E-state index contributed by atoms with van der Waals surface area (Å²) in [5.41, 5.74) is -0.805. The average Bonchev–Trinajstić information content (AvgIpc) is 2.60. The maximum absolute atomic E-state index is 13.5. The first-order chi connectivity index (χ1) is 12.8. The van der Waals surface area contributed by atoms with Crippen molar-refractivity contribution >= 4 is 5.91 Å². The molecule has 2 fully saturated rings. The lowest BCUT2D eigenvalue weighted by Gasteiger charge is -2.47. The minimum absolute atomic E-state index is 0.0279. The second-order valence-electron chi connectivity index (χ2n) is 7.38. The van der Waals surface area contributed by atoms with Crippen molar-refractivity contribution in [2.45, 2.75) is 38.0 Å². The van der Waals surface area contributed by atoms with Crippen LogP contribution in [0.1, 0.15) is 30.4 Å². The zero-order valence-electron chi connectivity index (χ0n) is 15.4. The van der Waals surface area contributed by atoms with E-state index in [1.807, 2.05) is 16.8 Å². The van der Waals surface area contributed by atoms with Crippen LogP contribution in [0.5, 0.6) is 0 Å². The van der Waals surface area contributed by atoms with Gasteiger partial charge in [-0.15, -0.1) is 0 Å². The number of benzene rings is 1. The Balaban J connectivity index is 1.70. The van der Waals surface area contributed by atoms with Crippen molar-refractivity contribution in [3.05, 3.63) is 35.1 Å². The zero-order chi connectivity index (χ0) is 19.6. The van der Waals surface area contributed by atoms with Gasteiger partial charge in [-0.3, -0.25) is 9.69 Å². The number of likely N-dealkylation sites (tertiary alicyclic amines) is 2.